The van der Waals surface area contributed by atoms with E-state index in [0.29, 0.717) is 21.2 Å². The SMILES string of the molecule is CC(C)c1nc2ccc(Br)cc2c(=O)n1N=Cc1cc(Cl)c(OCC(N)=O)c([N+](=O)[O-])c1. The molecule has 0 unspecified atom stereocenters. The summed E-state index contributed by atoms with van der Waals surface area (Å²) >= 11 is 9.46. The van der Waals surface area contributed by atoms with E-state index >= 15 is 0 Å². The molecule has 3 rings (SSSR count). The number of primary amides is 1. The molecule has 0 spiro atoms. The standard InChI is InChI=1S/C20H17BrClN5O5/c1-10(2)19-25-15-4-3-12(21)7-13(15)20(29)26(19)24-8-11-5-14(22)18(32-9-17(23)28)16(6-11)27(30)31/h3-8,10H,9H2,1-2H3,(H2,23,28). The number of halogens is 2. The Morgan fingerprint density at radius 3 is 2.75 bits per heavy atom. The van der Waals surface area contributed by atoms with E-state index in [1.165, 1.54) is 12.3 Å². The van der Waals surface area contributed by atoms with Gasteiger partial charge in [0.2, 0.25) is 5.75 Å². The Morgan fingerprint density at radius 1 is 1.41 bits per heavy atom. The number of fused-ring (bicyclic) bond motifs is 1. The van der Waals surface area contributed by atoms with Gasteiger partial charge in [0.15, 0.2) is 6.61 Å². The number of carbonyl (C=O) groups is 1. The number of amides is 1. The maximum Gasteiger partial charge on any atom is 0.313 e. The fourth-order valence-corrected chi connectivity index (χ4v) is 3.51. The second-order valence-corrected chi connectivity index (χ2v) is 8.33. The Balaban J connectivity index is 2.11. The molecule has 0 fully saturated rings. The van der Waals surface area contributed by atoms with E-state index in [0.717, 1.165) is 10.7 Å². The predicted octanol–water partition coefficient (Wildman–Crippen LogP) is 3.59. The largest absolute Gasteiger partial charge is 0.476 e. The van der Waals surface area contributed by atoms with Crippen LogP contribution >= 0.6 is 27.5 Å². The first kappa shape index (κ1) is 23.4. The molecule has 0 atom stereocenters. The zero-order chi connectivity index (χ0) is 23.6. The molecule has 0 saturated carbocycles. The molecule has 0 aliphatic carbocycles. The van der Waals surface area contributed by atoms with Crippen molar-refractivity contribution >= 4 is 56.2 Å². The van der Waals surface area contributed by atoms with Gasteiger partial charge in [-0.1, -0.05) is 41.4 Å². The summed E-state index contributed by atoms with van der Waals surface area (Å²) in [5.41, 5.74) is 4.93. The molecule has 0 aliphatic rings. The van der Waals surface area contributed by atoms with Gasteiger partial charge in [0.05, 0.1) is 27.1 Å². The quantitative estimate of drug-likeness (QED) is 0.285. The highest BCUT2D eigenvalue weighted by Gasteiger charge is 2.21. The van der Waals surface area contributed by atoms with Crippen LogP contribution in [0.15, 0.2) is 44.7 Å². The summed E-state index contributed by atoms with van der Waals surface area (Å²) in [5.74, 6) is -0.805. The molecule has 0 bridgehead atoms. The number of nitrogens with two attached hydrogens (primary N) is 1. The number of nitro groups is 1. The minimum absolute atomic E-state index is 0.112. The van der Waals surface area contributed by atoms with Gasteiger partial charge >= 0.3 is 5.69 Å². The van der Waals surface area contributed by atoms with E-state index in [-0.39, 0.29) is 22.3 Å². The van der Waals surface area contributed by atoms with Crippen LogP contribution in [0.25, 0.3) is 10.9 Å². The first-order valence-electron chi connectivity index (χ1n) is 9.24. The van der Waals surface area contributed by atoms with E-state index in [1.54, 1.807) is 18.2 Å². The molecular weight excluding hydrogens is 506 g/mol. The summed E-state index contributed by atoms with van der Waals surface area (Å²) in [4.78, 5) is 39.3. The van der Waals surface area contributed by atoms with Gasteiger partial charge in [-0.05, 0) is 24.3 Å². The first-order chi connectivity index (χ1) is 15.1. The van der Waals surface area contributed by atoms with Crippen molar-refractivity contribution in [1.29, 1.82) is 0 Å². The number of aromatic nitrogens is 2. The number of ether oxygens (including phenoxy) is 1. The molecule has 166 valence electrons. The molecule has 12 heteroatoms. The summed E-state index contributed by atoms with van der Waals surface area (Å²) in [6, 6.07) is 7.69. The lowest BCUT2D eigenvalue weighted by molar-refractivity contribution is -0.385. The first-order valence-corrected chi connectivity index (χ1v) is 10.4. The fraction of sp³-hybridized carbons (Fsp3) is 0.200. The van der Waals surface area contributed by atoms with E-state index in [2.05, 4.69) is 26.0 Å². The molecule has 3 aromatic rings. The zero-order valence-corrected chi connectivity index (χ0v) is 19.3. The third-order valence-corrected chi connectivity index (χ3v) is 5.05. The van der Waals surface area contributed by atoms with Crippen molar-refractivity contribution in [2.75, 3.05) is 6.61 Å². The number of benzene rings is 2. The highest BCUT2D eigenvalue weighted by atomic mass is 79.9. The minimum atomic E-state index is -0.808. The lowest BCUT2D eigenvalue weighted by Gasteiger charge is -2.12. The second kappa shape index (κ2) is 9.45. The van der Waals surface area contributed by atoms with Crippen molar-refractivity contribution in [1.82, 2.24) is 9.66 Å². The van der Waals surface area contributed by atoms with Gasteiger partial charge in [-0.25, -0.2) is 4.98 Å². The Bertz CT molecular complexity index is 1320. The van der Waals surface area contributed by atoms with E-state index in [9.17, 15) is 19.7 Å². The molecule has 0 aliphatic heterocycles. The molecule has 2 aromatic carbocycles. The van der Waals surface area contributed by atoms with Crippen LogP contribution < -0.4 is 16.0 Å². The fourth-order valence-electron chi connectivity index (χ4n) is 2.87. The van der Waals surface area contributed by atoms with Crippen LogP contribution in [0.4, 0.5) is 5.69 Å². The molecule has 10 nitrogen and oxygen atoms in total. The van der Waals surface area contributed by atoms with Gasteiger partial charge in [0.1, 0.15) is 5.82 Å². The minimum Gasteiger partial charge on any atom is -0.476 e. The average Bonchev–Trinajstić information content (AvgIpc) is 2.71. The van der Waals surface area contributed by atoms with Crippen molar-refractivity contribution in [3.05, 3.63) is 71.7 Å². The summed E-state index contributed by atoms with van der Waals surface area (Å²) < 4.78 is 6.94. The van der Waals surface area contributed by atoms with Gasteiger partial charge in [-0.2, -0.15) is 9.78 Å². The highest BCUT2D eigenvalue weighted by molar-refractivity contribution is 9.10. The Hall–Kier alpha value is -3.31. The van der Waals surface area contributed by atoms with Gasteiger partial charge < -0.3 is 10.5 Å². The third-order valence-electron chi connectivity index (χ3n) is 4.27. The maximum atomic E-state index is 13.1. The molecule has 32 heavy (non-hydrogen) atoms. The number of hydrogen-bond acceptors (Lipinski definition) is 7. The van der Waals surface area contributed by atoms with E-state index in [1.807, 2.05) is 13.8 Å². The van der Waals surface area contributed by atoms with Crippen molar-refractivity contribution < 1.29 is 14.5 Å². The van der Waals surface area contributed by atoms with Crippen molar-refractivity contribution in [3.8, 4) is 5.75 Å². The van der Waals surface area contributed by atoms with Crippen molar-refractivity contribution in [2.24, 2.45) is 10.8 Å². The molecule has 1 aromatic heterocycles. The normalized spacial score (nSPS) is 11.4. The molecule has 0 saturated heterocycles. The Morgan fingerprint density at radius 2 is 2.12 bits per heavy atom. The average molecular weight is 523 g/mol. The second-order valence-electron chi connectivity index (χ2n) is 7.01. The Labute approximate surface area is 194 Å². The lowest BCUT2D eigenvalue weighted by atomic mass is 10.2. The number of carbonyl (C=O) groups excluding carboxylic acids is 1. The molecule has 0 radical (unpaired) electrons. The van der Waals surface area contributed by atoms with Crippen LogP contribution in [0.1, 0.15) is 31.2 Å². The highest BCUT2D eigenvalue weighted by Crippen LogP contribution is 2.35. The smallest absolute Gasteiger partial charge is 0.313 e. The third kappa shape index (κ3) is 4.94. The zero-order valence-electron chi connectivity index (χ0n) is 16.9. The molecule has 2 N–H and O–H groups in total. The Kier molecular flexibility index (Phi) is 6.90. The van der Waals surface area contributed by atoms with Gasteiger partial charge in [-0.15, -0.1) is 0 Å². The van der Waals surface area contributed by atoms with Crippen LogP contribution in [0.2, 0.25) is 5.02 Å². The predicted molar refractivity (Wildman–Crippen MR) is 124 cm³/mol. The topological polar surface area (TPSA) is 143 Å². The van der Waals surface area contributed by atoms with Gasteiger partial charge in [0.25, 0.3) is 11.5 Å². The summed E-state index contributed by atoms with van der Waals surface area (Å²) in [5, 5.41) is 15.9. The van der Waals surface area contributed by atoms with Crippen LogP contribution in [-0.2, 0) is 4.79 Å². The van der Waals surface area contributed by atoms with Gasteiger partial charge in [0, 0.05) is 22.0 Å². The van der Waals surface area contributed by atoms with Crippen molar-refractivity contribution in [2.45, 2.75) is 19.8 Å². The summed E-state index contributed by atoms with van der Waals surface area (Å²) in [6.45, 7) is 3.16. The number of hydrogen-bond donors (Lipinski definition) is 1. The van der Waals surface area contributed by atoms with Crippen LogP contribution in [0, 0.1) is 10.1 Å². The molecule has 1 amide bonds. The van der Waals surface area contributed by atoms with E-state index in [4.69, 9.17) is 22.1 Å². The monoisotopic (exact) mass is 521 g/mol. The molecule has 1 heterocycles. The van der Waals surface area contributed by atoms with Crippen LogP contribution in [0.3, 0.4) is 0 Å². The summed E-state index contributed by atoms with van der Waals surface area (Å²) in [7, 11) is 0. The van der Waals surface area contributed by atoms with Crippen LogP contribution in [0.5, 0.6) is 5.75 Å². The van der Waals surface area contributed by atoms with Crippen LogP contribution in [-0.4, -0.2) is 33.3 Å². The van der Waals surface area contributed by atoms with E-state index < -0.39 is 28.7 Å². The van der Waals surface area contributed by atoms with Crippen molar-refractivity contribution in [3.63, 3.8) is 0 Å². The number of nitro benzene ring substituents is 1. The number of rotatable bonds is 7. The van der Waals surface area contributed by atoms with Gasteiger partial charge in [-0.3, -0.25) is 19.7 Å². The summed E-state index contributed by atoms with van der Waals surface area (Å²) in [6.07, 6.45) is 1.26. The number of nitrogens with zero attached hydrogens (tertiary/aromatic N) is 4. The maximum absolute atomic E-state index is 13.1. The lowest BCUT2D eigenvalue weighted by Crippen LogP contribution is -2.23. The molecular formula is C20H17BrClN5O5.